The number of fused-ring (bicyclic) bond motifs is 2. The fourth-order valence-electron chi connectivity index (χ4n) is 3.48. The summed E-state index contributed by atoms with van der Waals surface area (Å²) in [5.74, 6) is 1.33. The number of nitrogens with one attached hydrogen (secondary N) is 1. The van der Waals surface area contributed by atoms with Gasteiger partial charge in [0.15, 0.2) is 16.3 Å². The first kappa shape index (κ1) is 21.9. The van der Waals surface area contributed by atoms with Gasteiger partial charge in [0.25, 0.3) is 5.56 Å². The van der Waals surface area contributed by atoms with E-state index in [1.807, 2.05) is 61.5 Å². The van der Waals surface area contributed by atoms with Crippen molar-refractivity contribution in [1.29, 1.82) is 0 Å². The summed E-state index contributed by atoms with van der Waals surface area (Å²) in [6, 6.07) is 13.6. The number of imidazole rings is 1. The highest BCUT2D eigenvalue weighted by Gasteiger charge is 2.20. The van der Waals surface area contributed by atoms with E-state index in [2.05, 4.69) is 9.97 Å². The highest BCUT2D eigenvalue weighted by molar-refractivity contribution is 7.99. The number of thioether (sulfide) groups is 1. The molecular weight excluding hydrogens is 428 g/mol. The smallest absolute Gasteiger partial charge is 0.329 e. The van der Waals surface area contributed by atoms with Crippen LogP contribution >= 0.6 is 11.8 Å². The van der Waals surface area contributed by atoms with E-state index in [1.54, 1.807) is 11.6 Å². The summed E-state index contributed by atoms with van der Waals surface area (Å²) in [6.07, 6.45) is 3.00. The Morgan fingerprint density at radius 3 is 2.81 bits per heavy atom. The van der Waals surface area contributed by atoms with Crippen molar-refractivity contribution >= 4 is 33.7 Å². The van der Waals surface area contributed by atoms with Gasteiger partial charge in [-0.3, -0.25) is 14.3 Å². The molecule has 2 heterocycles. The maximum Gasteiger partial charge on any atom is 0.329 e. The van der Waals surface area contributed by atoms with E-state index >= 15 is 0 Å². The Kier molecular flexibility index (Phi) is 6.48. The monoisotopic (exact) mass is 452 g/mol. The number of aryl methyl sites for hydroxylation is 1. The summed E-state index contributed by atoms with van der Waals surface area (Å²) in [6.45, 7) is 2.06. The molecule has 0 saturated carbocycles. The van der Waals surface area contributed by atoms with Gasteiger partial charge < -0.3 is 14.4 Å². The predicted molar refractivity (Wildman–Crippen MR) is 127 cm³/mol. The predicted octanol–water partition coefficient (Wildman–Crippen LogP) is 2.68. The average Bonchev–Trinajstić information content (AvgIpc) is 3.15. The maximum atomic E-state index is 12.6. The minimum atomic E-state index is -0.899. The molecule has 0 aliphatic carbocycles. The average molecular weight is 453 g/mol. The topological polar surface area (TPSA) is 102 Å². The molecule has 32 heavy (non-hydrogen) atoms. The lowest BCUT2D eigenvalue weighted by Crippen LogP contribution is -2.30. The van der Waals surface area contributed by atoms with E-state index in [1.165, 1.54) is 16.3 Å². The summed E-state index contributed by atoms with van der Waals surface area (Å²) in [5.41, 5.74) is -0.532. The second-order valence-electron chi connectivity index (χ2n) is 7.32. The molecule has 0 fully saturated rings. The quantitative estimate of drug-likeness (QED) is 0.315. The molecule has 0 spiro atoms. The molecule has 0 saturated heterocycles. The molecule has 0 aliphatic heterocycles. The zero-order valence-corrected chi connectivity index (χ0v) is 18.6. The zero-order valence-electron chi connectivity index (χ0n) is 17.8. The van der Waals surface area contributed by atoms with Gasteiger partial charge in [-0.2, -0.15) is 0 Å². The van der Waals surface area contributed by atoms with Gasteiger partial charge in [0.05, 0.1) is 6.54 Å². The van der Waals surface area contributed by atoms with E-state index in [0.29, 0.717) is 16.7 Å². The standard InChI is InChI=1S/C23H24N4O4S/c1-3-4-12-32-23-24-20-19(21(29)25-22(30)26(20)2)27(23)13-16(28)14-31-18-11-7-9-15-8-5-6-10-17(15)18/h3-11,16,28H,12-14H2,1-2H3,(H,25,29,30)/b4-3-/t16-/m1/s1. The second-order valence-corrected chi connectivity index (χ2v) is 8.30. The zero-order chi connectivity index (χ0) is 22.7. The highest BCUT2D eigenvalue weighted by Crippen LogP contribution is 2.26. The molecule has 0 unspecified atom stereocenters. The van der Waals surface area contributed by atoms with Crippen LogP contribution in [0.5, 0.6) is 5.75 Å². The molecular formula is C23H24N4O4S. The summed E-state index contributed by atoms with van der Waals surface area (Å²) in [5, 5.41) is 13.3. The molecule has 166 valence electrons. The van der Waals surface area contributed by atoms with Crippen LogP contribution in [-0.4, -0.2) is 42.7 Å². The number of rotatable bonds is 8. The SMILES string of the molecule is C/C=C\CSc1nc2c(c(=O)[nH]c(=O)n2C)n1C[C@@H](O)COc1cccc2ccccc12. The number of H-pyrrole nitrogens is 1. The van der Waals surface area contributed by atoms with Crippen molar-refractivity contribution in [2.75, 3.05) is 12.4 Å². The van der Waals surface area contributed by atoms with E-state index < -0.39 is 17.4 Å². The van der Waals surface area contributed by atoms with Crippen LogP contribution < -0.4 is 16.0 Å². The Morgan fingerprint density at radius 2 is 2.00 bits per heavy atom. The number of ether oxygens (including phenoxy) is 1. The molecule has 0 aliphatic rings. The van der Waals surface area contributed by atoms with Crippen LogP contribution in [0.15, 0.2) is 69.4 Å². The Balaban J connectivity index is 1.62. The van der Waals surface area contributed by atoms with Crippen LogP contribution in [-0.2, 0) is 13.6 Å². The first-order valence-corrected chi connectivity index (χ1v) is 11.2. The Labute approximate surface area is 188 Å². The van der Waals surface area contributed by atoms with Gasteiger partial charge in [-0.25, -0.2) is 9.78 Å². The van der Waals surface area contributed by atoms with Gasteiger partial charge in [-0.05, 0) is 18.4 Å². The summed E-state index contributed by atoms with van der Waals surface area (Å²) in [7, 11) is 1.55. The fourth-order valence-corrected chi connectivity index (χ4v) is 4.39. The van der Waals surface area contributed by atoms with E-state index in [4.69, 9.17) is 4.74 Å². The third-order valence-electron chi connectivity index (χ3n) is 5.09. The molecule has 1 atom stereocenters. The number of aliphatic hydroxyl groups is 1. The maximum absolute atomic E-state index is 12.6. The Morgan fingerprint density at radius 1 is 1.22 bits per heavy atom. The fraction of sp³-hybridized carbons (Fsp3) is 0.261. The van der Waals surface area contributed by atoms with Gasteiger partial charge in [0, 0.05) is 18.2 Å². The van der Waals surface area contributed by atoms with Crippen molar-refractivity contribution in [2.24, 2.45) is 7.05 Å². The van der Waals surface area contributed by atoms with Crippen molar-refractivity contribution in [2.45, 2.75) is 24.7 Å². The number of hydrogen-bond acceptors (Lipinski definition) is 6. The van der Waals surface area contributed by atoms with Crippen molar-refractivity contribution < 1.29 is 9.84 Å². The van der Waals surface area contributed by atoms with Gasteiger partial charge >= 0.3 is 5.69 Å². The lowest BCUT2D eigenvalue weighted by molar-refractivity contribution is 0.0921. The summed E-state index contributed by atoms with van der Waals surface area (Å²) >= 11 is 1.42. The molecule has 0 radical (unpaired) electrons. The summed E-state index contributed by atoms with van der Waals surface area (Å²) in [4.78, 5) is 31.4. The lowest BCUT2D eigenvalue weighted by Gasteiger charge is -2.16. The molecule has 0 bridgehead atoms. The third kappa shape index (κ3) is 4.35. The highest BCUT2D eigenvalue weighted by atomic mass is 32.2. The van der Waals surface area contributed by atoms with Crippen LogP contribution in [0.1, 0.15) is 6.92 Å². The van der Waals surface area contributed by atoms with Crippen LogP contribution in [0, 0.1) is 0 Å². The van der Waals surface area contributed by atoms with Gasteiger partial charge in [-0.1, -0.05) is 60.3 Å². The molecule has 9 heteroatoms. The first-order chi connectivity index (χ1) is 15.5. The number of allylic oxidation sites excluding steroid dienone is 1. The number of aliphatic hydroxyl groups excluding tert-OH is 1. The van der Waals surface area contributed by atoms with Crippen LogP contribution in [0.25, 0.3) is 21.9 Å². The first-order valence-electron chi connectivity index (χ1n) is 10.2. The van der Waals surface area contributed by atoms with Crippen molar-refractivity contribution in [3.63, 3.8) is 0 Å². The van der Waals surface area contributed by atoms with E-state index in [-0.39, 0.29) is 24.3 Å². The second kappa shape index (κ2) is 9.46. The van der Waals surface area contributed by atoms with Crippen LogP contribution in [0.3, 0.4) is 0 Å². The normalized spacial score (nSPS) is 12.7. The molecule has 8 nitrogen and oxygen atoms in total. The van der Waals surface area contributed by atoms with Gasteiger partial charge in [-0.15, -0.1) is 0 Å². The van der Waals surface area contributed by atoms with Gasteiger partial charge in [0.2, 0.25) is 0 Å². The summed E-state index contributed by atoms with van der Waals surface area (Å²) < 4.78 is 8.86. The number of hydrogen-bond donors (Lipinski definition) is 2. The van der Waals surface area contributed by atoms with Crippen molar-refractivity contribution in [3.8, 4) is 5.75 Å². The lowest BCUT2D eigenvalue weighted by atomic mass is 10.1. The molecule has 0 amide bonds. The molecule has 4 aromatic rings. The Hall–Kier alpha value is -3.30. The minimum absolute atomic E-state index is 0.0380. The minimum Gasteiger partial charge on any atom is -0.490 e. The van der Waals surface area contributed by atoms with Crippen LogP contribution in [0.4, 0.5) is 0 Å². The van der Waals surface area contributed by atoms with Crippen molar-refractivity contribution in [3.05, 3.63) is 75.5 Å². The molecule has 4 rings (SSSR count). The largest absolute Gasteiger partial charge is 0.490 e. The molecule has 2 N–H and O–H groups in total. The number of aromatic amines is 1. The van der Waals surface area contributed by atoms with E-state index in [9.17, 15) is 14.7 Å². The van der Waals surface area contributed by atoms with Crippen LogP contribution in [0.2, 0.25) is 0 Å². The molecule has 2 aromatic heterocycles. The number of aromatic nitrogens is 4. The third-order valence-corrected chi connectivity index (χ3v) is 6.02. The molecule has 2 aromatic carbocycles. The van der Waals surface area contributed by atoms with Crippen molar-refractivity contribution in [1.82, 2.24) is 19.1 Å². The van der Waals surface area contributed by atoms with E-state index in [0.717, 1.165) is 10.8 Å². The van der Waals surface area contributed by atoms with Gasteiger partial charge in [0.1, 0.15) is 18.5 Å². The Bertz CT molecular complexity index is 1400. The number of nitrogens with zero attached hydrogens (tertiary/aromatic N) is 3. The number of benzene rings is 2.